The van der Waals surface area contributed by atoms with Crippen molar-refractivity contribution >= 4 is 11.5 Å². The first-order valence-corrected chi connectivity index (χ1v) is 8.69. The number of amidine groups is 1. The smallest absolute Gasteiger partial charge is 0.132 e. The van der Waals surface area contributed by atoms with Gasteiger partial charge in [0.25, 0.3) is 0 Å². The molecule has 0 fully saturated rings. The van der Waals surface area contributed by atoms with Gasteiger partial charge in [0.2, 0.25) is 0 Å². The molecule has 2 aromatic carbocycles. The van der Waals surface area contributed by atoms with Crippen molar-refractivity contribution in [3.8, 4) is 12.1 Å². The zero-order valence-electron chi connectivity index (χ0n) is 16.8. The Morgan fingerprint density at radius 1 is 0.778 bits per heavy atom. The van der Waals surface area contributed by atoms with Crippen LogP contribution in [-0.2, 0) is 0 Å². The summed E-state index contributed by atoms with van der Waals surface area (Å²) in [7, 11) is 0. The maximum absolute atomic E-state index is 8.88. The molecule has 0 bridgehead atoms. The average molecular weight is 356 g/mol. The van der Waals surface area contributed by atoms with Crippen molar-refractivity contribution in [1.29, 1.82) is 10.5 Å². The summed E-state index contributed by atoms with van der Waals surface area (Å²) in [5, 5.41) is 17.7. The second kappa shape index (κ2) is 7.48. The molecule has 2 N–H and O–H groups in total. The molecule has 0 radical (unpaired) electrons. The Balaban J connectivity index is 0.000000194. The highest BCUT2D eigenvalue weighted by atomic mass is 14.9. The minimum absolute atomic E-state index is 0.505. The van der Waals surface area contributed by atoms with Crippen LogP contribution < -0.4 is 5.73 Å². The van der Waals surface area contributed by atoms with E-state index in [2.05, 4.69) is 50.5 Å². The Kier molecular flexibility index (Phi) is 5.52. The fourth-order valence-electron chi connectivity index (χ4n) is 3.41. The van der Waals surface area contributed by atoms with E-state index in [-0.39, 0.29) is 0 Å². The van der Waals surface area contributed by atoms with Crippen LogP contribution in [0.5, 0.6) is 0 Å². The minimum Gasteiger partial charge on any atom is -0.383 e. The molecule has 0 aromatic heterocycles. The van der Waals surface area contributed by atoms with Gasteiger partial charge in [0.1, 0.15) is 18.0 Å². The number of rotatable bonds is 0. The summed E-state index contributed by atoms with van der Waals surface area (Å²) in [6, 6.07) is 8.23. The van der Waals surface area contributed by atoms with Crippen LogP contribution in [0.2, 0.25) is 0 Å². The average Bonchev–Trinajstić information content (AvgIpc) is 2.91. The lowest BCUT2D eigenvalue weighted by molar-refractivity contribution is 1.24. The molecule has 0 unspecified atom stereocenters. The molecular weight excluding hydrogens is 332 g/mol. The molecule has 3 rings (SSSR count). The molecule has 1 aliphatic rings. The van der Waals surface area contributed by atoms with Gasteiger partial charge in [-0.25, -0.2) is 4.99 Å². The van der Waals surface area contributed by atoms with E-state index >= 15 is 0 Å². The number of hydrogen-bond donors (Lipinski definition) is 1. The van der Waals surface area contributed by atoms with Gasteiger partial charge in [0.05, 0.1) is 16.8 Å². The van der Waals surface area contributed by atoms with Crippen LogP contribution in [-0.4, -0.2) is 5.84 Å². The lowest BCUT2D eigenvalue weighted by Crippen LogP contribution is -2.13. The number of fused-ring (bicyclic) bond motifs is 1. The van der Waals surface area contributed by atoms with Crippen molar-refractivity contribution in [3.05, 3.63) is 74.3 Å². The molecule has 4 heteroatoms. The second-order valence-electron chi connectivity index (χ2n) is 6.94. The van der Waals surface area contributed by atoms with Gasteiger partial charge < -0.3 is 5.73 Å². The number of nitrogens with two attached hydrogens (primary N) is 1. The van der Waals surface area contributed by atoms with Crippen LogP contribution in [0, 0.1) is 64.2 Å². The van der Waals surface area contributed by atoms with Crippen molar-refractivity contribution < 1.29 is 0 Å². The van der Waals surface area contributed by atoms with Crippen molar-refractivity contribution in [3.63, 3.8) is 0 Å². The molecule has 2 aromatic rings. The zero-order valence-corrected chi connectivity index (χ0v) is 16.8. The lowest BCUT2D eigenvalue weighted by Gasteiger charge is -2.10. The summed E-state index contributed by atoms with van der Waals surface area (Å²) in [5.41, 5.74) is 16.4. The van der Waals surface area contributed by atoms with Gasteiger partial charge in [-0.2, -0.15) is 10.5 Å². The van der Waals surface area contributed by atoms with E-state index in [1.165, 1.54) is 16.7 Å². The summed E-state index contributed by atoms with van der Waals surface area (Å²) in [6.07, 6.45) is 0. The van der Waals surface area contributed by atoms with Crippen LogP contribution >= 0.6 is 0 Å². The van der Waals surface area contributed by atoms with Gasteiger partial charge in [-0.05, 0) is 74.9 Å². The molecule has 0 spiro atoms. The Morgan fingerprint density at radius 3 is 1.85 bits per heavy atom. The van der Waals surface area contributed by atoms with E-state index in [0.717, 1.165) is 33.5 Å². The zero-order chi connectivity index (χ0) is 20.5. The van der Waals surface area contributed by atoms with Gasteiger partial charge >= 0.3 is 0 Å². The molecule has 1 heterocycles. The first-order valence-electron chi connectivity index (χ1n) is 8.69. The van der Waals surface area contributed by atoms with E-state index in [0.29, 0.717) is 17.0 Å². The summed E-state index contributed by atoms with van der Waals surface area (Å²) < 4.78 is 0. The number of nitriles is 2. The Bertz CT molecular complexity index is 1070. The van der Waals surface area contributed by atoms with E-state index in [1.807, 2.05) is 26.8 Å². The molecule has 0 saturated carbocycles. The summed E-state index contributed by atoms with van der Waals surface area (Å²) in [6.45, 7) is 15.8. The number of aliphatic imine (C=N–C) groups is 1. The molecule has 0 saturated heterocycles. The number of benzene rings is 2. The van der Waals surface area contributed by atoms with Gasteiger partial charge in [-0.3, -0.25) is 0 Å². The monoisotopic (exact) mass is 356 g/mol. The fourth-order valence-corrected chi connectivity index (χ4v) is 3.41. The summed E-state index contributed by atoms with van der Waals surface area (Å²) in [5.74, 6) is 0.606. The van der Waals surface area contributed by atoms with Crippen molar-refractivity contribution in [2.45, 2.75) is 41.5 Å². The van der Waals surface area contributed by atoms with Crippen LogP contribution in [0.25, 0.3) is 5.70 Å². The molecule has 27 heavy (non-hydrogen) atoms. The van der Waals surface area contributed by atoms with Gasteiger partial charge in [-0.1, -0.05) is 18.7 Å². The summed E-state index contributed by atoms with van der Waals surface area (Å²) >= 11 is 0. The third-order valence-corrected chi connectivity index (χ3v) is 5.11. The van der Waals surface area contributed by atoms with Crippen LogP contribution in [0.1, 0.15) is 55.6 Å². The van der Waals surface area contributed by atoms with Gasteiger partial charge in [0.15, 0.2) is 0 Å². The van der Waals surface area contributed by atoms with Gasteiger partial charge in [-0.15, -0.1) is 0 Å². The Morgan fingerprint density at radius 2 is 1.30 bits per heavy atom. The third kappa shape index (κ3) is 3.48. The van der Waals surface area contributed by atoms with Crippen molar-refractivity contribution in [2.24, 2.45) is 10.7 Å². The first-order chi connectivity index (χ1) is 12.6. The number of nitrogens with zero attached hydrogens (tertiary/aromatic N) is 3. The lowest BCUT2D eigenvalue weighted by atomic mass is 9.93. The Hall–Kier alpha value is -3.37. The van der Waals surface area contributed by atoms with Crippen LogP contribution in [0.3, 0.4) is 0 Å². The molecule has 1 aliphatic heterocycles. The quantitative estimate of drug-likeness (QED) is 0.745. The molecule has 0 atom stereocenters. The van der Waals surface area contributed by atoms with Crippen LogP contribution in [0.4, 0.5) is 0 Å². The SMILES string of the molecule is C=C1N=C(N)c2c(C)c(C)cc(C)c21.Cc1cc(C)c(C#N)c(C#N)c1C. The largest absolute Gasteiger partial charge is 0.383 e. The van der Waals surface area contributed by atoms with E-state index in [4.69, 9.17) is 16.3 Å². The normalized spacial score (nSPS) is 11.7. The number of aryl methyl sites for hydroxylation is 4. The predicted molar refractivity (Wildman–Crippen MR) is 110 cm³/mol. The fraction of sp³-hybridized carbons (Fsp3) is 0.261. The highest BCUT2D eigenvalue weighted by Gasteiger charge is 2.21. The standard InChI is InChI=1S/C12H14N2.C11H10N2/c1-6-5-7(2)10-9(4)14-12(13)11(10)8(6)3;1-7-4-8(2)10(5-12)11(6-13)9(7)3/h5H,4H2,1-3H3,(H2,13,14);4H,1-3H3. The van der Waals surface area contributed by atoms with Crippen molar-refractivity contribution in [1.82, 2.24) is 0 Å². The molecule has 4 nitrogen and oxygen atoms in total. The summed E-state index contributed by atoms with van der Waals surface area (Å²) in [4.78, 5) is 4.22. The molecule has 0 aliphatic carbocycles. The second-order valence-corrected chi connectivity index (χ2v) is 6.94. The molecule has 136 valence electrons. The highest BCUT2D eigenvalue weighted by Crippen LogP contribution is 2.32. The van der Waals surface area contributed by atoms with Gasteiger partial charge in [0, 0.05) is 11.1 Å². The maximum atomic E-state index is 8.88. The molecular formula is C23H24N4. The van der Waals surface area contributed by atoms with E-state index in [1.54, 1.807) is 0 Å². The Labute approximate surface area is 161 Å². The van der Waals surface area contributed by atoms with Crippen molar-refractivity contribution in [2.75, 3.05) is 0 Å². The minimum atomic E-state index is 0.505. The highest BCUT2D eigenvalue weighted by molar-refractivity contribution is 6.10. The maximum Gasteiger partial charge on any atom is 0.132 e. The topological polar surface area (TPSA) is 86.0 Å². The van der Waals surface area contributed by atoms with Crippen LogP contribution in [0.15, 0.2) is 23.7 Å². The molecule has 0 amide bonds. The van der Waals surface area contributed by atoms with E-state index in [9.17, 15) is 0 Å². The third-order valence-electron chi connectivity index (χ3n) is 5.11. The number of hydrogen-bond acceptors (Lipinski definition) is 4. The van der Waals surface area contributed by atoms with E-state index < -0.39 is 0 Å². The predicted octanol–water partition coefficient (Wildman–Crippen LogP) is 4.66. The first kappa shape index (κ1) is 19.9.